The normalized spacial score (nSPS) is 17.1. The number of nitrogens with one attached hydrogen (secondary N) is 1. The van der Waals surface area contributed by atoms with Crippen LogP contribution in [0.1, 0.15) is 35.1 Å². The van der Waals surface area contributed by atoms with Crippen LogP contribution < -0.4 is 5.32 Å². The molecular weight excluding hydrogens is 290 g/mol. The maximum atomic E-state index is 11.9. The fourth-order valence-corrected chi connectivity index (χ4v) is 2.92. The summed E-state index contributed by atoms with van der Waals surface area (Å²) in [6.45, 7) is 2.73. The Labute approximate surface area is 107 Å². The van der Waals surface area contributed by atoms with E-state index in [-0.39, 0.29) is 5.91 Å². The molecule has 1 aromatic heterocycles. The van der Waals surface area contributed by atoms with E-state index < -0.39 is 0 Å². The summed E-state index contributed by atoms with van der Waals surface area (Å²) >= 11 is 4.66. The minimum Gasteiger partial charge on any atom is -0.351 e. The van der Waals surface area contributed by atoms with Crippen LogP contribution in [0.2, 0.25) is 0 Å². The summed E-state index contributed by atoms with van der Waals surface area (Å²) in [4.78, 5) is 12.5. The first-order valence-corrected chi connectivity index (χ1v) is 7.25. The van der Waals surface area contributed by atoms with Gasteiger partial charge in [-0.25, -0.2) is 0 Å². The summed E-state index contributed by atoms with van der Waals surface area (Å²) in [5.41, 5.74) is 1.10. The maximum Gasteiger partial charge on any atom is 0.264 e. The molecule has 16 heavy (non-hydrogen) atoms. The molecule has 0 bridgehead atoms. The monoisotopic (exact) mass is 303 g/mol. The Morgan fingerprint density at radius 1 is 1.62 bits per heavy atom. The van der Waals surface area contributed by atoms with Gasteiger partial charge in [0.1, 0.15) is 4.88 Å². The van der Waals surface area contributed by atoms with Crippen molar-refractivity contribution in [1.29, 1.82) is 0 Å². The Hall–Kier alpha value is -0.490. The molecule has 1 N–H and O–H groups in total. The van der Waals surface area contributed by atoms with Crippen LogP contribution in [0.5, 0.6) is 0 Å². The Morgan fingerprint density at radius 3 is 2.94 bits per heavy atom. The minimum absolute atomic E-state index is 0.0286. The average molecular weight is 304 g/mol. The molecule has 0 aliphatic heterocycles. The van der Waals surface area contributed by atoms with Gasteiger partial charge in [0.25, 0.3) is 5.91 Å². The smallest absolute Gasteiger partial charge is 0.264 e. The van der Waals surface area contributed by atoms with Gasteiger partial charge in [-0.15, -0.1) is 5.10 Å². The zero-order valence-electron chi connectivity index (χ0n) is 9.12. The fourth-order valence-electron chi connectivity index (χ4n) is 1.49. The highest BCUT2D eigenvalue weighted by Gasteiger charge is 2.41. The number of carbonyl (C=O) groups is 1. The summed E-state index contributed by atoms with van der Waals surface area (Å²) in [7, 11) is 0. The number of halogens is 1. The molecule has 1 aliphatic rings. The summed E-state index contributed by atoms with van der Waals surface area (Å²) in [5, 5.41) is 7.87. The molecule has 1 amide bonds. The number of hydrogen-bond donors (Lipinski definition) is 1. The number of hydrogen-bond acceptors (Lipinski definition) is 4. The lowest BCUT2D eigenvalue weighted by Crippen LogP contribution is -2.30. The van der Waals surface area contributed by atoms with Gasteiger partial charge in [0, 0.05) is 11.9 Å². The van der Waals surface area contributed by atoms with E-state index in [1.54, 1.807) is 0 Å². The Morgan fingerprint density at radius 2 is 2.38 bits per heavy atom. The molecule has 1 aromatic rings. The SMILES string of the molecule is CCc1nnsc1C(=O)NCC1(CBr)CC1. The molecule has 0 radical (unpaired) electrons. The van der Waals surface area contributed by atoms with E-state index in [1.165, 1.54) is 24.4 Å². The molecule has 0 spiro atoms. The average Bonchev–Trinajstić information content (AvgIpc) is 2.94. The third kappa shape index (κ3) is 2.43. The second kappa shape index (κ2) is 4.79. The van der Waals surface area contributed by atoms with E-state index in [9.17, 15) is 4.79 Å². The van der Waals surface area contributed by atoms with E-state index in [0.717, 1.165) is 24.0 Å². The summed E-state index contributed by atoms with van der Waals surface area (Å²) in [6, 6.07) is 0. The molecular formula is C10H14BrN3OS. The molecule has 2 rings (SSSR count). The van der Waals surface area contributed by atoms with E-state index in [4.69, 9.17) is 0 Å². The number of rotatable bonds is 5. The van der Waals surface area contributed by atoms with Crippen LogP contribution in [-0.4, -0.2) is 27.4 Å². The predicted molar refractivity (Wildman–Crippen MR) is 67.1 cm³/mol. The van der Waals surface area contributed by atoms with E-state index in [2.05, 4.69) is 30.8 Å². The lowest BCUT2D eigenvalue weighted by atomic mass is 10.1. The molecule has 0 unspecified atom stereocenters. The van der Waals surface area contributed by atoms with Gasteiger partial charge in [0.2, 0.25) is 0 Å². The number of nitrogens with zero attached hydrogens (tertiary/aromatic N) is 2. The number of alkyl halides is 1. The third-order valence-corrected chi connectivity index (χ3v) is 4.92. The van der Waals surface area contributed by atoms with Crippen molar-refractivity contribution in [2.45, 2.75) is 26.2 Å². The molecule has 4 nitrogen and oxygen atoms in total. The van der Waals surface area contributed by atoms with Crippen LogP contribution >= 0.6 is 27.5 Å². The van der Waals surface area contributed by atoms with Crippen LogP contribution in [0.15, 0.2) is 0 Å². The van der Waals surface area contributed by atoms with Crippen LogP contribution in [0.25, 0.3) is 0 Å². The zero-order chi connectivity index (χ0) is 11.6. The van der Waals surface area contributed by atoms with Crippen molar-refractivity contribution in [3.8, 4) is 0 Å². The summed E-state index contributed by atoms with van der Waals surface area (Å²) < 4.78 is 3.82. The largest absolute Gasteiger partial charge is 0.351 e. The van der Waals surface area contributed by atoms with Gasteiger partial charge in [-0.1, -0.05) is 27.3 Å². The lowest BCUT2D eigenvalue weighted by Gasteiger charge is -2.11. The van der Waals surface area contributed by atoms with Gasteiger partial charge < -0.3 is 5.32 Å². The van der Waals surface area contributed by atoms with Gasteiger partial charge in [0.05, 0.1) is 5.69 Å². The standard InChI is InChI=1S/C10H14BrN3OS/c1-2-7-8(16-14-13-7)9(15)12-6-10(5-11)3-4-10/h2-6H2,1H3,(H,12,15). The molecule has 6 heteroatoms. The van der Waals surface area contributed by atoms with Crippen molar-refractivity contribution in [3.05, 3.63) is 10.6 Å². The first-order valence-electron chi connectivity index (χ1n) is 5.36. The van der Waals surface area contributed by atoms with Crippen molar-refractivity contribution in [2.24, 2.45) is 5.41 Å². The van der Waals surface area contributed by atoms with Gasteiger partial charge in [-0.05, 0) is 36.2 Å². The van der Waals surface area contributed by atoms with Gasteiger partial charge in [-0.2, -0.15) is 0 Å². The second-order valence-corrected chi connectivity index (χ2v) is 5.53. The third-order valence-electron chi connectivity index (χ3n) is 2.96. The highest BCUT2D eigenvalue weighted by molar-refractivity contribution is 9.09. The number of aromatic nitrogens is 2. The molecule has 1 aliphatic carbocycles. The molecule has 0 aromatic carbocycles. The number of carbonyl (C=O) groups excluding carboxylic acids is 1. The predicted octanol–water partition coefficient (Wildman–Crippen LogP) is 2.01. The number of amides is 1. The van der Waals surface area contributed by atoms with Crippen molar-refractivity contribution in [1.82, 2.24) is 14.9 Å². The van der Waals surface area contributed by atoms with E-state index in [0.29, 0.717) is 10.3 Å². The molecule has 0 saturated heterocycles. The van der Waals surface area contributed by atoms with Crippen LogP contribution in [0.4, 0.5) is 0 Å². The van der Waals surface area contributed by atoms with Crippen LogP contribution in [0.3, 0.4) is 0 Å². The van der Waals surface area contributed by atoms with Gasteiger partial charge >= 0.3 is 0 Å². The minimum atomic E-state index is -0.0286. The van der Waals surface area contributed by atoms with Crippen molar-refractivity contribution >= 4 is 33.4 Å². The maximum absolute atomic E-state index is 11.9. The molecule has 1 fully saturated rings. The van der Waals surface area contributed by atoms with Crippen LogP contribution in [0, 0.1) is 5.41 Å². The molecule has 1 saturated carbocycles. The summed E-state index contributed by atoms with van der Waals surface area (Å²) in [5.74, 6) is -0.0286. The van der Waals surface area contributed by atoms with Gasteiger partial charge in [-0.3, -0.25) is 4.79 Å². The first kappa shape index (κ1) is 12.0. The van der Waals surface area contributed by atoms with E-state index >= 15 is 0 Å². The Bertz CT molecular complexity index is 389. The lowest BCUT2D eigenvalue weighted by molar-refractivity contribution is 0.0949. The molecule has 88 valence electrons. The Balaban J connectivity index is 1.93. The second-order valence-electron chi connectivity index (χ2n) is 4.22. The summed E-state index contributed by atoms with van der Waals surface area (Å²) in [6.07, 6.45) is 3.14. The Kier molecular flexibility index (Phi) is 3.59. The fraction of sp³-hybridized carbons (Fsp3) is 0.700. The topological polar surface area (TPSA) is 54.9 Å². The van der Waals surface area contributed by atoms with Crippen molar-refractivity contribution in [2.75, 3.05) is 11.9 Å². The zero-order valence-corrected chi connectivity index (χ0v) is 11.5. The molecule has 0 atom stereocenters. The number of aryl methyl sites for hydroxylation is 1. The van der Waals surface area contributed by atoms with E-state index in [1.807, 2.05) is 6.92 Å². The highest BCUT2D eigenvalue weighted by Crippen LogP contribution is 2.46. The molecule has 1 heterocycles. The first-order chi connectivity index (χ1) is 7.71. The quantitative estimate of drug-likeness (QED) is 0.847. The van der Waals surface area contributed by atoms with Gasteiger partial charge in [0.15, 0.2) is 0 Å². The van der Waals surface area contributed by atoms with Crippen molar-refractivity contribution in [3.63, 3.8) is 0 Å². The highest BCUT2D eigenvalue weighted by atomic mass is 79.9. The van der Waals surface area contributed by atoms with Crippen LogP contribution in [-0.2, 0) is 6.42 Å². The van der Waals surface area contributed by atoms with Crippen molar-refractivity contribution < 1.29 is 4.79 Å².